The molecule has 2 rings (SSSR count). The predicted octanol–water partition coefficient (Wildman–Crippen LogP) is 2.22. The van der Waals surface area contributed by atoms with E-state index in [-0.39, 0.29) is 5.84 Å². The summed E-state index contributed by atoms with van der Waals surface area (Å²) < 4.78 is 0.817. The second-order valence-electron chi connectivity index (χ2n) is 4.17. The lowest BCUT2D eigenvalue weighted by Crippen LogP contribution is -2.18. The van der Waals surface area contributed by atoms with E-state index < -0.39 is 0 Å². The molecule has 0 saturated carbocycles. The first-order valence-electron chi connectivity index (χ1n) is 6.07. The third-order valence-corrected chi connectivity index (χ3v) is 3.99. The number of hydrogen-bond acceptors (Lipinski definition) is 5. The molecule has 0 aliphatic carbocycles. The maximum Gasteiger partial charge on any atom is 0.188 e. The largest absolute Gasteiger partial charge is 0.409 e. The first-order valence-corrected chi connectivity index (χ1v) is 7.26. The van der Waals surface area contributed by atoms with Crippen LogP contribution in [0.25, 0.3) is 0 Å². The van der Waals surface area contributed by atoms with Crippen LogP contribution in [0.15, 0.2) is 35.6 Å². The molecule has 0 unspecified atom stereocenters. The van der Waals surface area contributed by atoms with Crippen molar-refractivity contribution < 1.29 is 5.21 Å². The molecular weight excluding hydrogens is 296 g/mol. The molecule has 0 atom stereocenters. The Morgan fingerprint density at radius 1 is 1.45 bits per heavy atom. The number of nitrogens with one attached hydrogen (secondary N) is 1. The molecule has 0 aliphatic heterocycles. The van der Waals surface area contributed by atoms with E-state index in [2.05, 4.69) is 15.5 Å². The highest BCUT2D eigenvalue weighted by molar-refractivity contribution is 7.16. The van der Waals surface area contributed by atoms with E-state index in [0.29, 0.717) is 12.2 Å². The highest BCUT2D eigenvalue weighted by atomic mass is 35.5. The lowest BCUT2D eigenvalue weighted by atomic mass is 10.2. The standard InChI is InChI=1S/C13H15ClN4OS/c14-12-2-1-10(20-12)4-5-16-8-9-3-6-17-11(7-9)13(15)18-19/h1-3,6-7,16,19H,4-5,8H2,(H2,15,18). The van der Waals surface area contributed by atoms with Crippen LogP contribution in [0.2, 0.25) is 4.34 Å². The summed E-state index contributed by atoms with van der Waals surface area (Å²) >= 11 is 7.48. The maximum absolute atomic E-state index is 8.62. The molecule has 0 radical (unpaired) electrons. The number of halogens is 1. The molecule has 7 heteroatoms. The van der Waals surface area contributed by atoms with Gasteiger partial charge in [0.2, 0.25) is 0 Å². The number of nitrogens with two attached hydrogens (primary N) is 1. The van der Waals surface area contributed by atoms with E-state index in [4.69, 9.17) is 22.5 Å². The fourth-order valence-corrected chi connectivity index (χ4v) is 2.79. The Morgan fingerprint density at radius 3 is 3.00 bits per heavy atom. The Labute approximate surface area is 126 Å². The van der Waals surface area contributed by atoms with Gasteiger partial charge in [-0.3, -0.25) is 4.98 Å². The number of rotatable bonds is 6. The van der Waals surface area contributed by atoms with E-state index in [0.717, 1.165) is 22.9 Å². The summed E-state index contributed by atoms with van der Waals surface area (Å²) in [5.74, 6) is 0.0140. The zero-order valence-corrected chi connectivity index (χ0v) is 12.3. The van der Waals surface area contributed by atoms with Gasteiger partial charge in [0.15, 0.2) is 5.84 Å². The second-order valence-corrected chi connectivity index (χ2v) is 5.97. The van der Waals surface area contributed by atoms with Gasteiger partial charge in [0.25, 0.3) is 0 Å². The molecule has 0 spiro atoms. The molecule has 2 heterocycles. The van der Waals surface area contributed by atoms with E-state index >= 15 is 0 Å². The van der Waals surface area contributed by atoms with Crippen molar-refractivity contribution in [3.63, 3.8) is 0 Å². The van der Waals surface area contributed by atoms with E-state index in [9.17, 15) is 0 Å². The van der Waals surface area contributed by atoms with Crippen molar-refractivity contribution in [2.45, 2.75) is 13.0 Å². The molecule has 0 amide bonds. The van der Waals surface area contributed by atoms with Crippen LogP contribution in [0.4, 0.5) is 0 Å². The number of nitrogens with zero attached hydrogens (tertiary/aromatic N) is 2. The van der Waals surface area contributed by atoms with Crippen LogP contribution in [0.3, 0.4) is 0 Å². The molecule has 0 aliphatic rings. The fourth-order valence-electron chi connectivity index (χ4n) is 1.71. The van der Waals surface area contributed by atoms with Crippen molar-refractivity contribution in [1.82, 2.24) is 10.3 Å². The molecule has 0 bridgehead atoms. The van der Waals surface area contributed by atoms with Crippen LogP contribution in [-0.2, 0) is 13.0 Å². The van der Waals surface area contributed by atoms with Crippen molar-refractivity contribution in [2.24, 2.45) is 10.9 Å². The Hall–Kier alpha value is -1.63. The molecule has 4 N–H and O–H groups in total. The van der Waals surface area contributed by atoms with Crippen LogP contribution in [0.1, 0.15) is 16.1 Å². The van der Waals surface area contributed by atoms with Gasteiger partial charge in [0.1, 0.15) is 5.69 Å². The minimum absolute atomic E-state index is 0.0140. The van der Waals surface area contributed by atoms with E-state index in [1.807, 2.05) is 18.2 Å². The third-order valence-electron chi connectivity index (χ3n) is 2.70. The van der Waals surface area contributed by atoms with Crippen LogP contribution in [-0.4, -0.2) is 22.6 Å². The van der Waals surface area contributed by atoms with Gasteiger partial charge in [-0.1, -0.05) is 16.8 Å². The first-order chi connectivity index (χ1) is 9.69. The normalized spacial score (nSPS) is 11.8. The number of oxime groups is 1. The van der Waals surface area contributed by atoms with Crippen molar-refractivity contribution in [1.29, 1.82) is 0 Å². The van der Waals surface area contributed by atoms with Crippen molar-refractivity contribution in [3.05, 3.63) is 50.9 Å². The SMILES string of the molecule is N/C(=N/O)c1cc(CNCCc2ccc(Cl)s2)ccn1. The molecule has 0 aromatic carbocycles. The van der Waals surface area contributed by atoms with Gasteiger partial charge < -0.3 is 16.3 Å². The monoisotopic (exact) mass is 310 g/mol. The molecule has 0 fully saturated rings. The summed E-state index contributed by atoms with van der Waals surface area (Å²) in [5.41, 5.74) is 7.00. The van der Waals surface area contributed by atoms with Gasteiger partial charge in [-0.15, -0.1) is 11.3 Å². The summed E-state index contributed by atoms with van der Waals surface area (Å²) in [5, 5.41) is 14.9. The van der Waals surface area contributed by atoms with Gasteiger partial charge in [0, 0.05) is 24.2 Å². The fraction of sp³-hybridized carbons (Fsp3) is 0.231. The molecule has 0 saturated heterocycles. The van der Waals surface area contributed by atoms with Gasteiger partial charge in [0.05, 0.1) is 4.34 Å². The Morgan fingerprint density at radius 2 is 2.30 bits per heavy atom. The summed E-state index contributed by atoms with van der Waals surface area (Å²) in [6.45, 7) is 1.56. The van der Waals surface area contributed by atoms with Crippen LogP contribution >= 0.6 is 22.9 Å². The topological polar surface area (TPSA) is 83.5 Å². The smallest absolute Gasteiger partial charge is 0.188 e. The van der Waals surface area contributed by atoms with Crippen molar-refractivity contribution >= 4 is 28.8 Å². The molecule has 2 aromatic rings. The zero-order chi connectivity index (χ0) is 14.4. The summed E-state index contributed by atoms with van der Waals surface area (Å²) in [6.07, 6.45) is 2.58. The van der Waals surface area contributed by atoms with Crippen molar-refractivity contribution in [3.8, 4) is 0 Å². The van der Waals surface area contributed by atoms with Gasteiger partial charge in [-0.2, -0.15) is 0 Å². The summed E-state index contributed by atoms with van der Waals surface area (Å²) in [4.78, 5) is 5.29. The highest BCUT2D eigenvalue weighted by Gasteiger charge is 2.02. The second kappa shape index (κ2) is 7.23. The number of pyridine rings is 1. The van der Waals surface area contributed by atoms with E-state index in [1.54, 1.807) is 23.6 Å². The van der Waals surface area contributed by atoms with Crippen LogP contribution < -0.4 is 11.1 Å². The van der Waals surface area contributed by atoms with Gasteiger partial charge >= 0.3 is 0 Å². The minimum Gasteiger partial charge on any atom is -0.409 e. The Balaban J connectivity index is 1.82. The van der Waals surface area contributed by atoms with Gasteiger partial charge in [-0.25, -0.2) is 0 Å². The average molecular weight is 311 g/mol. The number of amidine groups is 1. The Kier molecular flexibility index (Phi) is 5.34. The van der Waals surface area contributed by atoms with Crippen LogP contribution in [0.5, 0.6) is 0 Å². The highest BCUT2D eigenvalue weighted by Crippen LogP contribution is 2.21. The summed E-state index contributed by atoms with van der Waals surface area (Å²) in [6, 6.07) is 7.64. The summed E-state index contributed by atoms with van der Waals surface area (Å²) in [7, 11) is 0. The molecule has 106 valence electrons. The average Bonchev–Trinajstić information content (AvgIpc) is 2.88. The minimum atomic E-state index is 0.0140. The lowest BCUT2D eigenvalue weighted by Gasteiger charge is -2.05. The molecule has 20 heavy (non-hydrogen) atoms. The van der Waals surface area contributed by atoms with Gasteiger partial charge in [-0.05, 0) is 36.2 Å². The van der Waals surface area contributed by atoms with E-state index in [1.165, 1.54) is 4.88 Å². The molecule has 5 nitrogen and oxygen atoms in total. The quantitative estimate of drug-likeness (QED) is 0.251. The predicted molar refractivity (Wildman–Crippen MR) is 81.5 cm³/mol. The third kappa shape index (κ3) is 4.19. The van der Waals surface area contributed by atoms with Crippen LogP contribution in [0, 0.1) is 0 Å². The zero-order valence-electron chi connectivity index (χ0n) is 10.7. The lowest BCUT2D eigenvalue weighted by molar-refractivity contribution is 0.318. The number of thiophene rings is 1. The Bertz CT molecular complexity index is 600. The molecular formula is C13H15ClN4OS. The van der Waals surface area contributed by atoms with Crippen molar-refractivity contribution in [2.75, 3.05) is 6.54 Å². The maximum atomic E-state index is 8.62. The number of aromatic nitrogens is 1. The number of hydrogen-bond donors (Lipinski definition) is 3. The molecule has 2 aromatic heterocycles. The first kappa shape index (κ1) is 14.8.